The summed E-state index contributed by atoms with van der Waals surface area (Å²) >= 11 is 2.81. The molecule has 0 aromatic heterocycles. The number of benzene rings is 2. The van der Waals surface area contributed by atoms with Crippen LogP contribution in [-0.2, 0) is 4.79 Å². The summed E-state index contributed by atoms with van der Waals surface area (Å²) in [5.41, 5.74) is 7.30. The standard InChI is InChI=1S/C17H19NO4S2/c1-22-11-5-3-10(4-6-11)16(15(19)17(20)21)24-14-8-7-12(23-2)9-13(14)18/h3-9,15-16,19H,18H2,1-2H3,(H,20,21). The minimum Gasteiger partial charge on any atom is -0.497 e. The van der Waals surface area contributed by atoms with Gasteiger partial charge < -0.3 is 20.7 Å². The summed E-state index contributed by atoms with van der Waals surface area (Å²) < 4.78 is 5.11. The van der Waals surface area contributed by atoms with E-state index in [0.29, 0.717) is 17.0 Å². The third-order valence-electron chi connectivity index (χ3n) is 3.46. The van der Waals surface area contributed by atoms with Crippen molar-refractivity contribution >= 4 is 35.2 Å². The van der Waals surface area contributed by atoms with Crippen molar-refractivity contribution in [2.75, 3.05) is 19.1 Å². The molecule has 2 atom stereocenters. The Hall–Kier alpha value is -1.83. The highest BCUT2D eigenvalue weighted by atomic mass is 32.2. The van der Waals surface area contributed by atoms with Crippen LogP contribution < -0.4 is 10.5 Å². The number of carboxylic acids is 1. The zero-order chi connectivity index (χ0) is 17.7. The minimum atomic E-state index is -1.55. The van der Waals surface area contributed by atoms with Crippen molar-refractivity contribution in [2.45, 2.75) is 21.1 Å². The normalized spacial score (nSPS) is 13.3. The number of aliphatic carboxylic acids is 1. The van der Waals surface area contributed by atoms with Gasteiger partial charge in [-0.05, 0) is 42.2 Å². The number of thioether (sulfide) groups is 2. The average molecular weight is 365 g/mol. The summed E-state index contributed by atoms with van der Waals surface area (Å²) in [5.74, 6) is -0.612. The third-order valence-corrected chi connectivity index (χ3v) is 5.59. The van der Waals surface area contributed by atoms with Gasteiger partial charge in [-0.2, -0.15) is 0 Å². The van der Waals surface area contributed by atoms with E-state index >= 15 is 0 Å². The Labute approximate surface area is 149 Å². The fourth-order valence-corrected chi connectivity index (χ4v) is 3.74. The van der Waals surface area contributed by atoms with E-state index in [-0.39, 0.29) is 0 Å². The van der Waals surface area contributed by atoms with Crippen molar-refractivity contribution in [3.05, 3.63) is 48.0 Å². The molecule has 0 radical (unpaired) electrons. The predicted molar refractivity (Wildman–Crippen MR) is 97.9 cm³/mol. The Morgan fingerprint density at radius 3 is 2.38 bits per heavy atom. The van der Waals surface area contributed by atoms with Crippen LogP contribution in [0.1, 0.15) is 10.8 Å². The first-order valence-electron chi connectivity index (χ1n) is 7.11. The van der Waals surface area contributed by atoms with Gasteiger partial charge in [-0.3, -0.25) is 0 Å². The number of carboxylic acid groups (broad SMARTS) is 1. The van der Waals surface area contributed by atoms with Crippen molar-refractivity contribution in [3.63, 3.8) is 0 Å². The van der Waals surface area contributed by atoms with Gasteiger partial charge in [0, 0.05) is 15.5 Å². The van der Waals surface area contributed by atoms with Crippen LogP contribution in [0.25, 0.3) is 0 Å². The number of nitrogen functional groups attached to an aromatic ring is 1. The maximum absolute atomic E-state index is 11.3. The lowest BCUT2D eigenvalue weighted by atomic mass is 10.1. The van der Waals surface area contributed by atoms with Crippen LogP contribution in [0.4, 0.5) is 5.69 Å². The monoisotopic (exact) mass is 365 g/mol. The Morgan fingerprint density at radius 2 is 1.88 bits per heavy atom. The van der Waals surface area contributed by atoms with Gasteiger partial charge in [-0.25, -0.2) is 4.79 Å². The lowest BCUT2D eigenvalue weighted by molar-refractivity contribution is -0.146. The molecule has 0 bridgehead atoms. The van der Waals surface area contributed by atoms with E-state index in [1.54, 1.807) is 43.1 Å². The molecule has 2 aromatic rings. The van der Waals surface area contributed by atoms with E-state index in [2.05, 4.69) is 0 Å². The minimum absolute atomic E-state index is 0.558. The van der Waals surface area contributed by atoms with Crippen molar-refractivity contribution in [2.24, 2.45) is 0 Å². The second kappa shape index (κ2) is 8.32. The number of anilines is 1. The van der Waals surface area contributed by atoms with Crippen LogP contribution in [-0.4, -0.2) is 35.7 Å². The molecule has 0 amide bonds. The number of aliphatic hydroxyl groups is 1. The van der Waals surface area contributed by atoms with Crippen LogP contribution in [0.2, 0.25) is 0 Å². The SMILES string of the molecule is COc1ccc(C(Sc2ccc(SC)cc2N)C(O)C(=O)O)cc1. The summed E-state index contributed by atoms with van der Waals surface area (Å²) in [6.07, 6.45) is 0.402. The highest BCUT2D eigenvalue weighted by Crippen LogP contribution is 2.41. The highest BCUT2D eigenvalue weighted by Gasteiger charge is 2.29. The summed E-state index contributed by atoms with van der Waals surface area (Å²) in [6, 6.07) is 12.6. The van der Waals surface area contributed by atoms with Crippen LogP contribution in [0, 0.1) is 0 Å². The summed E-state index contributed by atoms with van der Waals surface area (Å²) in [6.45, 7) is 0. The second-order valence-corrected chi connectivity index (χ2v) is 7.06. The quantitative estimate of drug-likeness (QED) is 0.512. The van der Waals surface area contributed by atoms with Crippen LogP contribution in [0.3, 0.4) is 0 Å². The number of nitrogens with two attached hydrogens (primary N) is 1. The molecule has 0 aliphatic heterocycles. The Balaban J connectivity index is 2.34. The number of rotatable bonds is 7. The lowest BCUT2D eigenvalue weighted by Gasteiger charge is -2.21. The topological polar surface area (TPSA) is 92.8 Å². The molecule has 7 heteroatoms. The number of carbonyl (C=O) groups is 1. The number of ether oxygens (including phenoxy) is 1. The molecule has 2 rings (SSSR count). The molecule has 0 spiro atoms. The molecule has 24 heavy (non-hydrogen) atoms. The fraction of sp³-hybridized carbons (Fsp3) is 0.235. The first-order chi connectivity index (χ1) is 11.5. The average Bonchev–Trinajstić information content (AvgIpc) is 2.60. The fourth-order valence-electron chi connectivity index (χ4n) is 2.14. The van der Waals surface area contributed by atoms with E-state index in [0.717, 1.165) is 9.79 Å². The number of hydrogen-bond donors (Lipinski definition) is 3. The van der Waals surface area contributed by atoms with Gasteiger partial charge in [-0.15, -0.1) is 23.5 Å². The molecule has 0 saturated carbocycles. The zero-order valence-corrected chi connectivity index (χ0v) is 14.9. The smallest absolute Gasteiger partial charge is 0.334 e. The zero-order valence-electron chi connectivity index (χ0n) is 13.3. The van der Waals surface area contributed by atoms with E-state index in [9.17, 15) is 15.0 Å². The highest BCUT2D eigenvalue weighted by molar-refractivity contribution is 8.00. The van der Waals surface area contributed by atoms with Crippen LogP contribution in [0.5, 0.6) is 5.75 Å². The molecule has 2 unspecified atom stereocenters. The van der Waals surface area contributed by atoms with Gasteiger partial charge in [0.15, 0.2) is 6.10 Å². The molecule has 0 saturated heterocycles. The molecular formula is C17H19NO4S2. The van der Waals surface area contributed by atoms with Gasteiger partial charge in [-0.1, -0.05) is 12.1 Å². The van der Waals surface area contributed by atoms with E-state index in [1.807, 2.05) is 24.5 Å². The van der Waals surface area contributed by atoms with Gasteiger partial charge in [0.2, 0.25) is 0 Å². The molecule has 0 fully saturated rings. The molecule has 128 valence electrons. The van der Waals surface area contributed by atoms with Crippen molar-refractivity contribution in [1.29, 1.82) is 0 Å². The van der Waals surface area contributed by atoms with Gasteiger partial charge >= 0.3 is 5.97 Å². The maximum Gasteiger partial charge on any atom is 0.334 e. The number of hydrogen-bond acceptors (Lipinski definition) is 6. The molecule has 0 heterocycles. The lowest BCUT2D eigenvalue weighted by Crippen LogP contribution is -2.26. The second-order valence-electron chi connectivity index (χ2n) is 5.00. The van der Waals surface area contributed by atoms with E-state index in [1.165, 1.54) is 11.8 Å². The van der Waals surface area contributed by atoms with Gasteiger partial charge in [0.1, 0.15) is 5.75 Å². The summed E-state index contributed by atoms with van der Waals surface area (Å²) in [7, 11) is 1.56. The maximum atomic E-state index is 11.3. The Kier molecular flexibility index (Phi) is 6.42. The largest absolute Gasteiger partial charge is 0.497 e. The first-order valence-corrected chi connectivity index (χ1v) is 9.21. The molecule has 2 aromatic carbocycles. The third kappa shape index (κ3) is 4.37. The summed E-state index contributed by atoms with van der Waals surface area (Å²) in [5, 5.41) is 18.7. The van der Waals surface area contributed by atoms with Crippen molar-refractivity contribution < 1.29 is 19.7 Å². The molecule has 0 aliphatic carbocycles. The number of aliphatic hydroxyl groups excluding tert-OH is 1. The van der Waals surface area contributed by atoms with Crippen LogP contribution >= 0.6 is 23.5 Å². The first kappa shape index (κ1) is 18.5. The van der Waals surface area contributed by atoms with Crippen molar-refractivity contribution in [3.8, 4) is 5.75 Å². The van der Waals surface area contributed by atoms with Gasteiger partial charge in [0.25, 0.3) is 0 Å². The van der Waals surface area contributed by atoms with Crippen molar-refractivity contribution in [1.82, 2.24) is 0 Å². The predicted octanol–water partition coefficient (Wildman–Crippen LogP) is 3.28. The van der Waals surface area contributed by atoms with Gasteiger partial charge in [0.05, 0.1) is 12.4 Å². The Bertz CT molecular complexity index is 706. The van der Waals surface area contributed by atoms with E-state index in [4.69, 9.17) is 10.5 Å². The Morgan fingerprint density at radius 1 is 1.21 bits per heavy atom. The van der Waals surface area contributed by atoms with E-state index < -0.39 is 17.3 Å². The molecule has 4 N–H and O–H groups in total. The van der Waals surface area contributed by atoms with Crippen LogP contribution in [0.15, 0.2) is 52.3 Å². The molecule has 5 nitrogen and oxygen atoms in total. The summed E-state index contributed by atoms with van der Waals surface area (Å²) in [4.78, 5) is 13.0. The number of methoxy groups -OCH3 is 1. The molecular weight excluding hydrogens is 346 g/mol. The molecule has 0 aliphatic rings.